The largest absolute Gasteiger partial charge is 0.477 e. The van der Waals surface area contributed by atoms with Crippen LogP contribution in [0.15, 0.2) is 6.20 Å². The Bertz CT molecular complexity index is 246. The van der Waals surface area contributed by atoms with Gasteiger partial charge in [0, 0.05) is 6.54 Å². The zero-order valence-corrected chi connectivity index (χ0v) is 5.89. The smallest absolute Gasteiger partial charge is 0.347 e. The molecule has 1 heterocycles. The number of nitrogens with two attached hydrogens (primary N) is 1. The number of carboxylic acid groups (broad SMARTS) is 1. The highest BCUT2D eigenvalue weighted by Crippen LogP contribution is 2.11. The summed E-state index contributed by atoms with van der Waals surface area (Å²) in [5, 5.41) is 9.07. The van der Waals surface area contributed by atoms with E-state index in [-0.39, 0.29) is 4.88 Å². The SMILES string of the molecule is NCc1ncc(C(=O)O)s1. The molecule has 0 amide bonds. The van der Waals surface area contributed by atoms with Crippen LogP contribution in [0.25, 0.3) is 0 Å². The molecule has 0 aliphatic carbocycles. The number of nitrogens with zero attached hydrogens (tertiary/aromatic N) is 1. The summed E-state index contributed by atoms with van der Waals surface area (Å²) in [6.45, 7) is 0.304. The molecule has 1 aromatic rings. The minimum Gasteiger partial charge on any atom is -0.477 e. The van der Waals surface area contributed by atoms with E-state index in [0.717, 1.165) is 11.3 Å². The van der Waals surface area contributed by atoms with Gasteiger partial charge in [-0.25, -0.2) is 9.78 Å². The molecule has 1 aromatic heterocycles. The highest BCUT2D eigenvalue weighted by molar-refractivity contribution is 7.13. The summed E-state index contributed by atoms with van der Waals surface area (Å²) in [6.07, 6.45) is 1.31. The summed E-state index contributed by atoms with van der Waals surface area (Å²) >= 11 is 1.11. The third-order valence-corrected chi connectivity index (χ3v) is 1.95. The van der Waals surface area contributed by atoms with Gasteiger partial charge in [-0.05, 0) is 0 Å². The van der Waals surface area contributed by atoms with Crippen molar-refractivity contribution in [2.75, 3.05) is 0 Å². The summed E-state index contributed by atoms with van der Waals surface area (Å²) in [4.78, 5) is 14.3. The fourth-order valence-corrected chi connectivity index (χ4v) is 1.14. The van der Waals surface area contributed by atoms with Gasteiger partial charge in [0.25, 0.3) is 0 Å². The lowest BCUT2D eigenvalue weighted by molar-refractivity contribution is 0.0702. The Morgan fingerprint density at radius 1 is 1.90 bits per heavy atom. The van der Waals surface area contributed by atoms with E-state index in [2.05, 4.69) is 4.98 Å². The first-order valence-corrected chi connectivity index (χ1v) is 3.43. The quantitative estimate of drug-likeness (QED) is 0.649. The van der Waals surface area contributed by atoms with E-state index in [1.165, 1.54) is 6.20 Å². The lowest BCUT2D eigenvalue weighted by atomic mass is 10.6. The molecule has 54 valence electrons. The van der Waals surface area contributed by atoms with E-state index >= 15 is 0 Å². The molecule has 0 fully saturated rings. The van der Waals surface area contributed by atoms with Gasteiger partial charge >= 0.3 is 5.97 Å². The van der Waals surface area contributed by atoms with Crippen LogP contribution in [0.4, 0.5) is 0 Å². The number of rotatable bonds is 2. The highest BCUT2D eigenvalue weighted by atomic mass is 32.1. The zero-order valence-electron chi connectivity index (χ0n) is 5.07. The molecule has 0 radical (unpaired) electrons. The van der Waals surface area contributed by atoms with Crippen molar-refractivity contribution in [2.45, 2.75) is 6.54 Å². The monoisotopic (exact) mass is 158 g/mol. The number of aromatic carboxylic acids is 1. The second-order valence-electron chi connectivity index (χ2n) is 1.63. The van der Waals surface area contributed by atoms with Crippen LogP contribution in [0, 0.1) is 0 Å². The van der Waals surface area contributed by atoms with E-state index in [1.807, 2.05) is 0 Å². The normalized spacial score (nSPS) is 9.70. The van der Waals surface area contributed by atoms with Gasteiger partial charge in [0.2, 0.25) is 0 Å². The van der Waals surface area contributed by atoms with Crippen molar-refractivity contribution in [1.82, 2.24) is 4.98 Å². The van der Waals surface area contributed by atoms with Crippen LogP contribution in [0.5, 0.6) is 0 Å². The second kappa shape index (κ2) is 2.76. The fourth-order valence-electron chi connectivity index (χ4n) is 0.503. The van der Waals surface area contributed by atoms with Crippen molar-refractivity contribution < 1.29 is 9.90 Å². The van der Waals surface area contributed by atoms with Crippen molar-refractivity contribution in [1.29, 1.82) is 0 Å². The van der Waals surface area contributed by atoms with Crippen LogP contribution in [0.1, 0.15) is 14.7 Å². The minimum atomic E-state index is -0.947. The van der Waals surface area contributed by atoms with Gasteiger partial charge in [0.15, 0.2) is 0 Å². The molecule has 3 N–H and O–H groups in total. The highest BCUT2D eigenvalue weighted by Gasteiger charge is 2.06. The van der Waals surface area contributed by atoms with E-state index in [1.54, 1.807) is 0 Å². The van der Waals surface area contributed by atoms with Gasteiger partial charge in [-0.2, -0.15) is 0 Å². The van der Waals surface area contributed by atoms with E-state index in [0.29, 0.717) is 11.6 Å². The molecule has 10 heavy (non-hydrogen) atoms. The second-order valence-corrected chi connectivity index (χ2v) is 2.74. The van der Waals surface area contributed by atoms with Crippen molar-refractivity contribution in [2.24, 2.45) is 5.73 Å². The Labute approximate surface area is 61.3 Å². The lowest BCUT2D eigenvalue weighted by Crippen LogP contribution is -1.93. The predicted molar refractivity (Wildman–Crippen MR) is 37.0 cm³/mol. The topological polar surface area (TPSA) is 76.2 Å². The van der Waals surface area contributed by atoms with Crippen LogP contribution in [-0.4, -0.2) is 16.1 Å². The average Bonchev–Trinajstić information content (AvgIpc) is 2.34. The Balaban J connectivity index is 2.88. The molecule has 0 atom stereocenters. The number of aromatic nitrogens is 1. The Hall–Kier alpha value is -0.940. The van der Waals surface area contributed by atoms with Crippen molar-refractivity contribution in [3.05, 3.63) is 16.1 Å². The minimum absolute atomic E-state index is 0.237. The molecular formula is C5H6N2O2S. The molecular weight excluding hydrogens is 152 g/mol. The van der Waals surface area contributed by atoms with Gasteiger partial charge in [-0.1, -0.05) is 0 Å². The summed E-state index contributed by atoms with van der Waals surface area (Å²) < 4.78 is 0. The third kappa shape index (κ3) is 1.31. The summed E-state index contributed by atoms with van der Waals surface area (Å²) in [7, 11) is 0. The zero-order chi connectivity index (χ0) is 7.56. The first-order valence-electron chi connectivity index (χ1n) is 2.62. The lowest BCUT2D eigenvalue weighted by Gasteiger charge is -1.81. The van der Waals surface area contributed by atoms with E-state index in [9.17, 15) is 4.79 Å². The maximum Gasteiger partial charge on any atom is 0.347 e. The van der Waals surface area contributed by atoms with Gasteiger partial charge in [-0.3, -0.25) is 0 Å². The first kappa shape index (κ1) is 7.17. The maximum atomic E-state index is 10.3. The maximum absolute atomic E-state index is 10.3. The summed E-state index contributed by atoms with van der Waals surface area (Å²) in [5.74, 6) is -0.947. The van der Waals surface area contributed by atoms with Crippen LogP contribution in [0.3, 0.4) is 0 Å². The molecule has 0 unspecified atom stereocenters. The van der Waals surface area contributed by atoms with Crippen LogP contribution >= 0.6 is 11.3 Å². The average molecular weight is 158 g/mol. The van der Waals surface area contributed by atoms with Crippen LogP contribution in [-0.2, 0) is 6.54 Å². The predicted octanol–water partition coefficient (Wildman–Crippen LogP) is 0.300. The molecule has 0 aliphatic heterocycles. The van der Waals surface area contributed by atoms with Crippen LogP contribution < -0.4 is 5.73 Å². The molecule has 0 saturated heterocycles. The molecule has 5 heteroatoms. The van der Waals surface area contributed by atoms with Crippen molar-refractivity contribution in [3.8, 4) is 0 Å². The molecule has 0 aliphatic rings. The van der Waals surface area contributed by atoms with E-state index < -0.39 is 5.97 Å². The molecule has 1 rings (SSSR count). The number of hydrogen-bond donors (Lipinski definition) is 2. The molecule has 4 nitrogen and oxygen atoms in total. The molecule has 0 saturated carbocycles. The summed E-state index contributed by atoms with van der Waals surface area (Å²) in [5.41, 5.74) is 5.22. The molecule has 0 bridgehead atoms. The van der Waals surface area contributed by atoms with Gasteiger partial charge < -0.3 is 10.8 Å². The molecule has 0 spiro atoms. The fraction of sp³-hybridized carbons (Fsp3) is 0.200. The van der Waals surface area contributed by atoms with Gasteiger partial charge in [0.05, 0.1) is 6.20 Å². The number of thiazole rings is 1. The number of hydrogen-bond acceptors (Lipinski definition) is 4. The van der Waals surface area contributed by atoms with E-state index in [4.69, 9.17) is 10.8 Å². The Morgan fingerprint density at radius 3 is 2.90 bits per heavy atom. The van der Waals surface area contributed by atoms with Crippen molar-refractivity contribution >= 4 is 17.3 Å². The first-order chi connectivity index (χ1) is 4.74. The Kier molecular flexibility index (Phi) is 1.98. The third-order valence-electron chi connectivity index (χ3n) is 0.939. The van der Waals surface area contributed by atoms with Gasteiger partial charge in [0.1, 0.15) is 9.88 Å². The van der Waals surface area contributed by atoms with Gasteiger partial charge in [-0.15, -0.1) is 11.3 Å². The van der Waals surface area contributed by atoms with Crippen LogP contribution in [0.2, 0.25) is 0 Å². The Morgan fingerprint density at radius 2 is 2.60 bits per heavy atom. The number of carboxylic acids is 1. The molecule has 0 aromatic carbocycles. The number of carbonyl (C=O) groups is 1. The summed E-state index contributed by atoms with van der Waals surface area (Å²) in [6, 6.07) is 0. The standard InChI is InChI=1S/C5H6N2O2S/c6-1-4-7-2-3(10-4)5(8)9/h2H,1,6H2,(H,8,9). The van der Waals surface area contributed by atoms with Crippen molar-refractivity contribution in [3.63, 3.8) is 0 Å².